The maximum atomic E-state index is 9.60. The van der Waals surface area contributed by atoms with Gasteiger partial charge in [-0.2, -0.15) is 10.5 Å². The summed E-state index contributed by atoms with van der Waals surface area (Å²) >= 11 is 0. The molecular formula is C28H30N8. The minimum Gasteiger partial charge on any atom is -0.372 e. The number of rotatable bonds is 10. The van der Waals surface area contributed by atoms with Gasteiger partial charge in [-0.05, 0) is 63.1 Å². The van der Waals surface area contributed by atoms with Crippen molar-refractivity contribution < 1.29 is 0 Å². The van der Waals surface area contributed by atoms with Gasteiger partial charge in [-0.1, -0.05) is 24.3 Å². The third-order valence-corrected chi connectivity index (χ3v) is 5.79. The van der Waals surface area contributed by atoms with Crippen LogP contribution in [0.4, 0.5) is 23.0 Å². The summed E-state index contributed by atoms with van der Waals surface area (Å²) in [4.78, 5) is 21.7. The van der Waals surface area contributed by atoms with Gasteiger partial charge in [-0.15, -0.1) is 0 Å². The van der Waals surface area contributed by atoms with Crippen molar-refractivity contribution in [3.63, 3.8) is 0 Å². The van der Waals surface area contributed by atoms with Crippen molar-refractivity contribution in [1.29, 1.82) is 10.5 Å². The highest BCUT2D eigenvalue weighted by molar-refractivity contribution is 5.84. The van der Waals surface area contributed by atoms with Gasteiger partial charge < -0.3 is 9.80 Å². The van der Waals surface area contributed by atoms with Crippen molar-refractivity contribution in [2.24, 2.45) is 9.98 Å². The Kier molecular flexibility index (Phi) is 9.25. The highest BCUT2D eigenvalue weighted by Crippen LogP contribution is 2.22. The number of anilines is 2. The second-order valence-corrected chi connectivity index (χ2v) is 7.84. The molecule has 0 aliphatic heterocycles. The molecule has 3 rings (SSSR count). The molecule has 0 saturated carbocycles. The van der Waals surface area contributed by atoms with Crippen LogP contribution < -0.4 is 9.80 Å². The molecule has 8 nitrogen and oxygen atoms in total. The molecule has 1 aromatic heterocycles. The van der Waals surface area contributed by atoms with E-state index < -0.39 is 0 Å². The van der Waals surface area contributed by atoms with Crippen LogP contribution in [0.1, 0.15) is 50.2 Å². The number of nitrogens with zero attached hydrogens (tertiary/aromatic N) is 8. The van der Waals surface area contributed by atoms with Crippen LogP contribution in [0.2, 0.25) is 0 Å². The molecule has 182 valence electrons. The average molecular weight is 479 g/mol. The second kappa shape index (κ2) is 12.8. The maximum absolute atomic E-state index is 9.60. The molecule has 8 heteroatoms. The van der Waals surface area contributed by atoms with Crippen molar-refractivity contribution in [2.75, 3.05) is 36.0 Å². The maximum Gasteiger partial charge on any atom is 0.190 e. The lowest BCUT2D eigenvalue weighted by Crippen LogP contribution is -2.21. The first kappa shape index (κ1) is 26.1. The van der Waals surface area contributed by atoms with E-state index in [9.17, 15) is 10.5 Å². The van der Waals surface area contributed by atoms with Crippen molar-refractivity contribution in [3.8, 4) is 12.1 Å². The van der Waals surface area contributed by atoms with Crippen LogP contribution in [0, 0.1) is 22.7 Å². The number of hydrogen-bond donors (Lipinski definition) is 0. The Balaban J connectivity index is 1.83. The smallest absolute Gasteiger partial charge is 0.190 e. The molecule has 2 aromatic carbocycles. The number of hydrogen-bond acceptors (Lipinski definition) is 8. The zero-order valence-electron chi connectivity index (χ0n) is 21.2. The molecule has 0 amide bonds. The van der Waals surface area contributed by atoms with Crippen LogP contribution in [-0.2, 0) is 0 Å². The third kappa shape index (κ3) is 6.31. The predicted octanol–water partition coefficient (Wildman–Crippen LogP) is 5.41. The predicted molar refractivity (Wildman–Crippen MR) is 146 cm³/mol. The molecule has 0 unspecified atom stereocenters. The lowest BCUT2D eigenvalue weighted by atomic mass is 10.2. The van der Waals surface area contributed by atoms with Crippen molar-refractivity contribution in [1.82, 2.24) is 9.97 Å². The molecule has 1 heterocycles. The molecule has 0 spiro atoms. The van der Waals surface area contributed by atoms with Crippen molar-refractivity contribution in [2.45, 2.75) is 27.7 Å². The largest absolute Gasteiger partial charge is 0.372 e. The minimum absolute atomic E-state index is 0.00837. The standard InChI is InChI=1S/C28H30N8/c1-5-35(6-2)23-13-9-21(10-14-23)19-31-27-25(17-29)34-28(26(18-30)33-27)32-20-22-11-15-24(16-12-22)36(7-3)8-4/h9-16,19-20H,5-8H2,1-4H3. The van der Waals surface area contributed by atoms with Gasteiger partial charge in [0, 0.05) is 50.0 Å². The SMILES string of the molecule is CCN(CC)c1ccc(C=Nc2nc(C#N)c(N=Cc3ccc(N(CC)CC)cc3)nc2C#N)cc1. The van der Waals surface area contributed by atoms with E-state index in [1.807, 2.05) is 60.7 Å². The van der Waals surface area contributed by atoms with E-state index in [4.69, 9.17) is 0 Å². The number of benzene rings is 2. The first-order chi connectivity index (χ1) is 17.6. The summed E-state index contributed by atoms with van der Waals surface area (Å²) in [7, 11) is 0. The summed E-state index contributed by atoms with van der Waals surface area (Å²) in [5, 5.41) is 19.2. The molecule has 0 bridgehead atoms. The normalized spacial score (nSPS) is 10.9. The lowest BCUT2D eigenvalue weighted by molar-refractivity contribution is 0.866. The van der Waals surface area contributed by atoms with Gasteiger partial charge in [0.1, 0.15) is 12.1 Å². The van der Waals surface area contributed by atoms with E-state index in [1.54, 1.807) is 12.4 Å². The Morgan fingerprint density at radius 3 is 1.25 bits per heavy atom. The summed E-state index contributed by atoms with van der Waals surface area (Å²) in [6.45, 7) is 12.2. The summed E-state index contributed by atoms with van der Waals surface area (Å²) < 4.78 is 0. The molecule has 0 radical (unpaired) electrons. The highest BCUT2D eigenvalue weighted by atomic mass is 15.1. The lowest BCUT2D eigenvalue weighted by Gasteiger charge is -2.20. The zero-order valence-corrected chi connectivity index (χ0v) is 21.2. The van der Waals surface area contributed by atoms with Gasteiger partial charge in [-0.3, -0.25) is 0 Å². The van der Waals surface area contributed by atoms with Crippen molar-refractivity contribution >= 4 is 35.4 Å². The van der Waals surface area contributed by atoms with Crippen LogP contribution in [0.5, 0.6) is 0 Å². The summed E-state index contributed by atoms with van der Waals surface area (Å²) in [6.07, 6.45) is 3.22. The minimum atomic E-state index is 0.00837. The molecule has 0 fully saturated rings. The van der Waals surface area contributed by atoms with E-state index in [-0.39, 0.29) is 23.0 Å². The molecular weight excluding hydrogens is 448 g/mol. The van der Waals surface area contributed by atoms with Crippen LogP contribution in [0.25, 0.3) is 0 Å². The number of nitriles is 2. The summed E-state index contributed by atoms with van der Waals surface area (Å²) in [5.41, 5.74) is 3.98. The van der Waals surface area contributed by atoms with Crippen LogP contribution in [0.15, 0.2) is 58.5 Å². The van der Waals surface area contributed by atoms with E-state index in [1.165, 1.54) is 0 Å². The van der Waals surface area contributed by atoms with Gasteiger partial charge in [0.25, 0.3) is 0 Å². The Morgan fingerprint density at radius 2 is 0.972 bits per heavy atom. The summed E-state index contributed by atoms with van der Waals surface area (Å²) in [6, 6.07) is 19.9. The average Bonchev–Trinajstić information content (AvgIpc) is 2.93. The molecule has 0 N–H and O–H groups in total. The fraction of sp³-hybridized carbons (Fsp3) is 0.286. The van der Waals surface area contributed by atoms with Crippen LogP contribution >= 0.6 is 0 Å². The van der Waals surface area contributed by atoms with E-state index in [2.05, 4.69) is 57.4 Å². The monoisotopic (exact) mass is 478 g/mol. The Hall–Kier alpha value is -4.56. The topological polar surface area (TPSA) is 105 Å². The van der Waals surface area contributed by atoms with E-state index in [0.717, 1.165) is 48.7 Å². The van der Waals surface area contributed by atoms with Gasteiger partial charge in [0.2, 0.25) is 0 Å². The first-order valence-corrected chi connectivity index (χ1v) is 12.1. The fourth-order valence-corrected chi connectivity index (χ4v) is 3.74. The molecule has 0 aliphatic carbocycles. The Morgan fingerprint density at radius 1 is 0.639 bits per heavy atom. The van der Waals surface area contributed by atoms with Gasteiger partial charge in [0.15, 0.2) is 23.0 Å². The fourth-order valence-electron chi connectivity index (χ4n) is 3.74. The van der Waals surface area contributed by atoms with Gasteiger partial charge in [0.05, 0.1) is 0 Å². The third-order valence-electron chi connectivity index (χ3n) is 5.79. The number of aliphatic imine (C=N–C) groups is 2. The van der Waals surface area contributed by atoms with Crippen LogP contribution in [-0.4, -0.2) is 48.6 Å². The molecule has 0 atom stereocenters. The highest BCUT2D eigenvalue weighted by Gasteiger charge is 2.12. The Labute approximate surface area is 212 Å². The molecule has 0 aliphatic rings. The van der Waals surface area contributed by atoms with E-state index >= 15 is 0 Å². The molecule has 0 saturated heterocycles. The number of aromatic nitrogens is 2. The van der Waals surface area contributed by atoms with Crippen molar-refractivity contribution in [3.05, 3.63) is 71.0 Å². The van der Waals surface area contributed by atoms with Gasteiger partial charge in [-0.25, -0.2) is 20.0 Å². The van der Waals surface area contributed by atoms with E-state index in [0.29, 0.717) is 0 Å². The quantitative estimate of drug-likeness (QED) is 0.361. The Bertz CT molecular complexity index is 1180. The first-order valence-electron chi connectivity index (χ1n) is 12.1. The second-order valence-electron chi connectivity index (χ2n) is 7.84. The molecule has 3 aromatic rings. The summed E-state index contributed by atoms with van der Waals surface area (Å²) in [5.74, 6) is 0.175. The van der Waals surface area contributed by atoms with Gasteiger partial charge >= 0.3 is 0 Å². The molecule has 36 heavy (non-hydrogen) atoms. The zero-order chi connectivity index (χ0) is 25.9. The van der Waals surface area contributed by atoms with Crippen LogP contribution in [0.3, 0.4) is 0 Å².